The van der Waals surface area contributed by atoms with E-state index < -0.39 is 9.84 Å². The van der Waals surface area contributed by atoms with Crippen LogP contribution in [0.4, 0.5) is 0 Å². The van der Waals surface area contributed by atoms with Gasteiger partial charge in [0.1, 0.15) is 0 Å². The molecule has 8 heteroatoms. The highest BCUT2D eigenvalue weighted by atomic mass is 35.5. The van der Waals surface area contributed by atoms with Crippen LogP contribution < -0.4 is 0 Å². The highest BCUT2D eigenvalue weighted by molar-refractivity contribution is 7.90. The van der Waals surface area contributed by atoms with Gasteiger partial charge in [-0.25, -0.2) is 13.1 Å². The first-order chi connectivity index (χ1) is 14.2. The van der Waals surface area contributed by atoms with E-state index in [1.54, 1.807) is 59.3 Å². The Kier molecular flexibility index (Phi) is 5.64. The van der Waals surface area contributed by atoms with Gasteiger partial charge in [-0.15, -0.1) is 0 Å². The van der Waals surface area contributed by atoms with Gasteiger partial charge in [0, 0.05) is 27.4 Å². The van der Waals surface area contributed by atoms with E-state index in [1.165, 1.54) is 6.26 Å². The SMILES string of the molecule is CS(=O)(=O)c1ccc(-n2nc(-c3ccc(Cl)cc3)cc2-c2cc(Cl)ccc2Cl)cc1. The van der Waals surface area contributed by atoms with Gasteiger partial charge in [-0.2, -0.15) is 5.10 Å². The van der Waals surface area contributed by atoms with Crippen LogP contribution in [0.1, 0.15) is 0 Å². The monoisotopic (exact) mass is 476 g/mol. The smallest absolute Gasteiger partial charge is 0.175 e. The minimum atomic E-state index is -3.30. The number of hydrogen-bond donors (Lipinski definition) is 0. The maximum absolute atomic E-state index is 11.8. The van der Waals surface area contributed by atoms with E-state index in [9.17, 15) is 8.42 Å². The number of halogens is 3. The number of hydrogen-bond acceptors (Lipinski definition) is 3. The first-order valence-corrected chi connectivity index (χ1v) is 11.9. The predicted octanol–water partition coefficient (Wildman–Crippen LogP) is 6.57. The van der Waals surface area contributed by atoms with Crippen molar-refractivity contribution in [2.45, 2.75) is 4.90 Å². The molecule has 4 rings (SSSR count). The summed E-state index contributed by atoms with van der Waals surface area (Å²) in [6, 6.07) is 21.0. The quantitative estimate of drug-likeness (QED) is 0.334. The topological polar surface area (TPSA) is 52.0 Å². The summed E-state index contributed by atoms with van der Waals surface area (Å²) in [7, 11) is -3.30. The van der Waals surface area contributed by atoms with Gasteiger partial charge in [0.25, 0.3) is 0 Å². The van der Waals surface area contributed by atoms with Gasteiger partial charge < -0.3 is 0 Å². The highest BCUT2D eigenvalue weighted by Crippen LogP contribution is 2.35. The third-order valence-corrected chi connectivity index (χ3v) is 6.51. The maximum atomic E-state index is 11.8. The fourth-order valence-corrected chi connectivity index (χ4v) is 4.20. The van der Waals surface area contributed by atoms with E-state index >= 15 is 0 Å². The summed E-state index contributed by atoms with van der Waals surface area (Å²) in [5.41, 5.74) is 3.72. The van der Waals surface area contributed by atoms with E-state index in [0.717, 1.165) is 11.3 Å². The van der Waals surface area contributed by atoms with Crippen LogP contribution in [0.2, 0.25) is 15.1 Å². The Hall–Kier alpha value is -2.31. The Morgan fingerprint density at radius 3 is 2.07 bits per heavy atom. The number of benzene rings is 3. The summed E-state index contributed by atoms with van der Waals surface area (Å²) in [5.74, 6) is 0. The maximum Gasteiger partial charge on any atom is 0.175 e. The van der Waals surface area contributed by atoms with Gasteiger partial charge in [0.2, 0.25) is 0 Å². The lowest BCUT2D eigenvalue weighted by molar-refractivity contribution is 0.602. The molecular weight excluding hydrogens is 463 g/mol. The second-order valence-corrected chi connectivity index (χ2v) is 10.0. The lowest BCUT2D eigenvalue weighted by Crippen LogP contribution is -2.02. The van der Waals surface area contributed by atoms with Crippen LogP contribution in [0.3, 0.4) is 0 Å². The summed E-state index contributed by atoms with van der Waals surface area (Å²) >= 11 is 18.7. The fraction of sp³-hybridized carbons (Fsp3) is 0.0455. The van der Waals surface area contributed by atoms with Crippen molar-refractivity contribution in [1.29, 1.82) is 0 Å². The molecule has 0 atom stereocenters. The lowest BCUT2D eigenvalue weighted by atomic mass is 10.1. The van der Waals surface area contributed by atoms with Crippen molar-refractivity contribution >= 4 is 44.6 Å². The van der Waals surface area contributed by atoms with Crippen LogP contribution in [0.15, 0.2) is 77.7 Å². The molecule has 0 aliphatic rings. The molecule has 0 saturated carbocycles. The standard InChI is InChI=1S/C22H15Cl3N2O2S/c1-30(28,29)18-9-7-17(8-10-18)27-22(19-12-16(24)6-11-20(19)25)13-21(26-27)14-2-4-15(23)5-3-14/h2-13H,1H3. The molecule has 1 aromatic heterocycles. The minimum Gasteiger partial charge on any atom is -0.232 e. The number of nitrogens with zero attached hydrogens (tertiary/aromatic N) is 2. The summed E-state index contributed by atoms with van der Waals surface area (Å²) < 4.78 is 25.3. The van der Waals surface area contributed by atoms with Gasteiger partial charge in [-0.1, -0.05) is 46.9 Å². The Morgan fingerprint density at radius 1 is 0.800 bits per heavy atom. The highest BCUT2D eigenvalue weighted by Gasteiger charge is 2.17. The first-order valence-electron chi connectivity index (χ1n) is 8.84. The Morgan fingerprint density at radius 2 is 1.43 bits per heavy atom. The van der Waals surface area contributed by atoms with Crippen LogP contribution >= 0.6 is 34.8 Å². The van der Waals surface area contributed by atoms with Crippen molar-refractivity contribution in [3.05, 3.63) is 87.9 Å². The zero-order valence-corrected chi connectivity index (χ0v) is 18.8. The normalized spacial score (nSPS) is 11.6. The van der Waals surface area contributed by atoms with E-state index in [-0.39, 0.29) is 4.90 Å². The third kappa shape index (κ3) is 4.25. The van der Waals surface area contributed by atoms with E-state index in [4.69, 9.17) is 39.9 Å². The average molecular weight is 478 g/mol. The van der Waals surface area contributed by atoms with E-state index in [0.29, 0.717) is 32.0 Å². The molecule has 4 nitrogen and oxygen atoms in total. The van der Waals surface area contributed by atoms with Crippen molar-refractivity contribution in [1.82, 2.24) is 9.78 Å². The molecule has 4 aromatic rings. The molecule has 3 aromatic carbocycles. The predicted molar refractivity (Wildman–Crippen MR) is 123 cm³/mol. The van der Waals surface area contributed by atoms with Crippen LogP contribution in [0.25, 0.3) is 28.2 Å². The third-order valence-electron chi connectivity index (χ3n) is 4.56. The second kappa shape index (κ2) is 8.08. The Bertz CT molecular complexity index is 1330. The van der Waals surface area contributed by atoms with Gasteiger partial charge in [0.05, 0.1) is 27.0 Å². The Balaban J connectivity index is 1.91. The van der Waals surface area contributed by atoms with Gasteiger partial charge in [0.15, 0.2) is 9.84 Å². The molecule has 0 amide bonds. The van der Waals surface area contributed by atoms with Gasteiger partial charge >= 0.3 is 0 Å². The van der Waals surface area contributed by atoms with Crippen LogP contribution in [0.5, 0.6) is 0 Å². The summed E-state index contributed by atoms with van der Waals surface area (Å²) in [4.78, 5) is 0.235. The molecule has 0 saturated heterocycles. The molecular formula is C22H15Cl3N2O2S. The van der Waals surface area contributed by atoms with Crippen LogP contribution in [0, 0.1) is 0 Å². The molecule has 0 radical (unpaired) electrons. The molecule has 30 heavy (non-hydrogen) atoms. The molecule has 0 bridgehead atoms. The van der Waals surface area contributed by atoms with Crippen molar-refractivity contribution in [3.8, 4) is 28.2 Å². The average Bonchev–Trinajstić information content (AvgIpc) is 3.15. The van der Waals surface area contributed by atoms with Gasteiger partial charge in [-0.05, 0) is 60.7 Å². The van der Waals surface area contributed by atoms with E-state index in [2.05, 4.69) is 0 Å². The van der Waals surface area contributed by atoms with Crippen molar-refractivity contribution < 1.29 is 8.42 Å². The lowest BCUT2D eigenvalue weighted by Gasteiger charge is -2.10. The zero-order chi connectivity index (χ0) is 21.5. The number of aromatic nitrogens is 2. The molecule has 0 aliphatic heterocycles. The number of sulfone groups is 1. The Labute approximate surface area is 189 Å². The van der Waals surface area contributed by atoms with Crippen LogP contribution in [-0.4, -0.2) is 24.5 Å². The molecule has 0 unspecified atom stereocenters. The second-order valence-electron chi connectivity index (χ2n) is 6.72. The van der Waals surface area contributed by atoms with Crippen molar-refractivity contribution in [3.63, 3.8) is 0 Å². The summed E-state index contributed by atoms with van der Waals surface area (Å²) in [6.07, 6.45) is 1.17. The molecule has 0 N–H and O–H groups in total. The molecule has 1 heterocycles. The van der Waals surface area contributed by atoms with E-state index in [1.807, 2.05) is 18.2 Å². The molecule has 0 aliphatic carbocycles. The largest absolute Gasteiger partial charge is 0.232 e. The summed E-state index contributed by atoms with van der Waals surface area (Å²) in [5, 5.41) is 6.44. The fourth-order valence-electron chi connectivity index (χ4n) is 3.06. The molecule has 0 spiro atoms. The first kappa shape index (κ1) is 20.9. The summed E-state index contributed by atoms with van der Waals surface area (Å²) in [6.45, 7) is 0. The zero-order valence-electron chi connectivity index (χ0n) is 15.7. The van der Waals surface area contributed by atoms with Crippen molar-refractivity contribution in [2.24, 2.45) is 0 Å². The number of rotatable bonds is 4. The minimum absolute atomic E-state index is 0.235. The molecule has 0 fully saturated rings. The molecule has 152 valence electrons. The van der Waals surface area contributed by atoms with Gasteiger partial charge in [-0.3, -0.25) is 0 Å². The van der Waals surface area contributed by atoms with Crippen LogP contribution in [-0.2, 0) is 9.84 Å². The van der Waals surface area contributed by atoms with Crippen molar-refractivity contribution in [2.75, 3.05) is 6.26 Å².